The number of carbonyl (C=O) groups is 1. The largest absolute Gasteiger partial charge is 0.347 e. The monoisotopic (exact) mass is 325 g/mol. The van der Waals surface area contributed by atoms with Crippen molar-refractivity contribution in [3.63, 3.8) is 0 Å². The molecule has 0 fully saturated rings. The zero-order chi connectivity index (χ0) is 16.8. The predicted molar refractivity (Wildman–Crippen MR) is 88.0 cm³/mol. The van der Waals surface area contributed by atoms with Crippen LogP contribution in [0.25, 0.3) is 0 Å². The highest BCUT2D eigenvalue weighted by Gasteiger charge is 2.11. The number of nitrogens with one attached hydrogen (secondary N) is 1. The van der Waals surface area contributed by atoms with Gasteiger partial charge in [-0.15, -0.1) is 5.10 Å². The average Bonchev–Trinajstić information content (AvgIpc) is 3.26. The lowest BCUT2D eigenvalue weighted by molar-refractivity contribution is 0.0945. The summed E-state index contributed by atoms with van der Waals surface area (Å²) in [5.74, 6) is -0.257. The van der Waals surface area contributed by atoms with Gasteiger partial charge in [0.25, 0.3) is 5.91 Å². The summed E-state index contributed by atoms with van der Waals surface area (Å²) in [7, 11) is 0. The molecule has 0 aliphatic rings. The van der Waals surface area contributed by atoms with Crippen LogP contribution >= 0.6 is 0 Å². The van der Waals surface area contributed by atoms with Crippen LogP contribution < -0.4 is 11.1 Å². The number of aromatic nitrogens is 5. The lowest BCUT2D eigenvalue weighted by Crippen LogP contribution is -2.24. The first-order chi connectivity index (χ1) is 11.8. The Morgan fingerprint density at radius 1 is 1.17 bits per heavy atom. The minimum atomic E-state index is -0.257. The van der Waals surface area contributed by atoms with Gasteiger partial charge in [-0.1, -0.05) is 29.5 Å². The van der Waals surface area contributed by atoms with Gasteiger partial charge in [-0.3, -0.25) is 14.2 Å². The van der Waals surface area contributed by atoms with E-state index in [0.717, 1.165) is 11.1 Å². The molecule has 0 radical (unpaired) electrons. The van der Waals surface area contributed by atoms with E-state index < -0.39 is 0 Å². The molecule has 0 spiro atoms. The van der Waals surface area contributed by atoms with Crippen LogP contribution in [0.2, 0.25) is 0 Å². The van der Waals surface area contributed by atoms with Crippen molar-refractivity contribution in [1.29, 1.82) is 0 Å². The Morgan fingerprint density at radius 2 is 2.00 bits per heavy atom. The van der Waals surface area contributed by atoms with E-state index in [1.54, 1.807) is 17.1 Å². The van der Waals surface area contributed by atoms with Gasteiger partial charge < -0.3 is 11.1 Å². The topological polar surface area (TPSA) is 104 Å². The first kappa shape index (κ1) is 15.9. The van der Waals surface area contributed by atoms with Crippen molar-refractivity contribution in [3.8, 4) is 0 Å². The Kier molecular flexibility index (Phi) is 4.97. The molecule has 2 heterocycles. The summed E-state index contributed by atoms with van der Waals surface area (Å²) in [6.07, 6.45) is 5.25. The quantitative estimate of drug-likeness (QED) is 0.655. The van der Waals surface area contributed by atoms with Crippen LogP contribution in [0.4, 0.5) is 0 Å². The molecule has 0 aliphatic carbocycles. The zero-order valence-electron chi connectivity index (χ0n) is 13.2. The Morgan fingerprint density at radius 3 is 2.75 bits per heavy atom. The van der Waals surface area contributed by atoms with E-state index in [1.807, 2.05) is 41.2 Å². The van der Waals surface area contributed by atoms with Gasteiger partial charge in [-0.25, -0.2) is 0 Å². The molecule has 0 bridgehead atoms. The van der Waals surface area contributed by atoms with Crippen LogP contribution in [0, 0.1) is 0 Å². The van der Waals surface area contributed by atoms with Gasteiger partial charge in [0.2, 0.25) is 0 Å². The van der Waals surface area contributed by atoms with Crippen molar-refractivity contribution >= 4 is 5.91 Å². The van der Waals surface area contributed by atoms with E-state index >= 15 is 0 Å². The molecule has 3 N–H and O–H groups in total. The normalized spacial score (nSPS) is 10.7. The van der Waals surface area contributed by atoms with Gasteiger partial charge in [-0.05, 0) is 17.2 Å². The summed E-state index contributed by atoms with van der Waals surface area (Å²) >= 11 is 0. The molecule has 2 aromatic heterocycles. The minimum Gasteiger partial charge on any atom is -0.347 e. The van der Waals surface area contributed by atoms with E-state index in [1.165, 1.54) is 0 Å². The maximum Gasteiger partial charge on any atom is 0.273 e. The summed E-state index contributed by atoms with van der Waals surface area (Å²) in [5.41, 5.74) is 7.88. The van der Waals surface area contributed by atoms with E-state index in [4.69, 9.17) is 5.73 Å². The lowest BCUT2D eigenvalue weighted by atomic mass is 10.1. The summed E-state index contributed by atoms with van der Waals surface area (Å²) < 4.78 is 3.40. The summed E-state index contributed by atoms with van der Waals surface area (Å²) in [6.45, 7) is 2.06. The van der Waals surface area contributed by atoms with Crippen LogP contribution in [0.5, 0.6) is 0 Å². The standard InChI is InChI=1S/C16H19N7O/c17-6-9-23-12-15(20-21-23)16(24)18-10-13-4-1-2-5-14(13)11-22-8-3-7-19-22/h1-5,7-8,12H,6,9-11,17H2,(H,18,24). The zero-order valence-corrected chi connectivity index (χ0v) is 13.2. The van der Waals surface area contributed by atoms with Crippen LogP contribution in [-0.4, -0.2) is 37.2 Å². The van der Waals surface area contributed by atoms with Crippen LogP contribution in [-0.2, 0) is 19.6 Å². The van der Waals surface area contributed by atoms with Gasteiger partial charge in [0.1, 0.15) is 0 Å². The third kappa shape index (κ3) is 3.85. The molecule has 0 aliphatic heterocycles. The molecule has 124 valence electrons. The van der Waals surface area contributed by atoms with Crippen molar-refractivity contribution in [2.45, 2.75) is 19.6 Å². The van der Waals surface area contributed by atoms with Gasteiger partial charge in [0.05, 0.1) is 19.3 Å². The second-order valence-electron chi connectivity index (χ2n) is 5.31. The predicted octanol–water partition coefficient (Wildman–Crippen LogP) is 0.412. The van der Waals surface area contributed by atoms with E-state index in [-0.39, 0.29) is 11.6 Å². The fraction of sp³-hybridized carbons (Fsp3) is 0.250. The SMILES string of the molecule is NCCn1cc(C(=O)NCc2ccccc2Cn2cccn2)nn1. The fourth-order valence-electron chi connectivity index (χ4n) is 2.36. The van der Waals surface area contributed by atoms with Crippen molar-refractivity contribution in [2.24, 2.45) is 5.73 Å². The maximum absolute atomic E-state index is 12.2. The van der Waals surface area contributed by atoms with Crippen LogP contribution in [0.15, 0.2) is 48.9 Å². The van der Waals surface area contributed by atoms with Crippen LogP contribution in [0.1, 0.15) is 21.6 Å². The molecule has 0 saturated carbocycles. The number of amides is 1. The van der Waals surface area contributed by atoms with E-state index in [2.05, 4.69) is 20.7 Å². The molecule has 1 aromatic carbocycles. The van der Waals surface area contributed by atoms with Crippen LogP contribution in [0.3, 0.4) is 0 Å². The summed E-state index contributed by atoms with van der Waals surface area (Å²) in [5, 5.41) is 14.8. The van der Waals surface area contributed by atoms with Gasteiger partial charge in [0, 0.05) is 25.5 Å². The highest BCUT2D eigenvalue weighted by atomic mass is 16.2. The molecular formula is C16H19N7O. The van der Waals surface area contributed by atoms with Crippen molar-refractivity contribution in [1.82, 2.24) is 30.1 Å². The molecule has 24 heavy (non-hydrogen) atoms. The maximum atomic E-state index is 12.2. The Labute approximate surface area is 139 Å². The fourth-order valence-corrected chi connectivity index (χ4v) is 2.36. The van der Waals surface area contributed by atoms with Gasteiger partial charge in [0.15, 0.2) is 5.69 Å². The number of nitrogens with zero attached hydrogens (tertiary/aromatic N) is 5. The summed E-state index contributed by atoms with van der Waals surface area (Å²) in [4.78, 5) is 12.2. The third-order valence-corrected chi connectivity index (χ3v) is 3.58. The van der Waals surface area contributed by atoms with Gasteiger partial charge in [-0.2, -0.15) is 5.10 Å². The number of benzene rings is 1. The number of hydrogen-bond acceptors (Lipinski definition) is 5. The average molecular weight is 325 g/mol. The third-order valence-electron chi connectivity index (χ3n) is 3.58. The molecule has 8 heteroatoms. The second kappa shape index (κ2) is 7.51. The molecule has 0 saturated heterocycles. The Hall–Kier alpha value is -3.00. The molecular weight excluding hydrogens is 306 g/mol. The molecule has 3 aromatic rings. The Balaban J connectivity index is 1.64. The number of carbonyl (C=O) groups excluding carboxylic acids is 1. The summed E-state index contributed by atoms with van der Waals surface area (Å²) in [6, 6.07) is 9.83. The second-order valence-corrected chi connectivity index (χ2v) is 5.31. The first-order valence-electron chi connectivity index (χ1n) is 7.69. The smallest absolute Gasteiger partial charge is 0.273 e. The van der Waals surface area contributed by atoms with Crippen molar-refractivity contribution < 1.29 is 4.79 Å². The number of rotatable bonds is 7. The molecule has 0 atom stereocenters. The number of nitrogens with two attached hydrogens (primary N) is 1. The van der Waals surface area contributed by atoms with Gasteiger partial charge >= 0.3 is 0 Å². The minimum absolute atomic E-state index is 0.257. The molecule has 3 rings (SSSR count). The van der Waals surface area contributed by atoms with E-state index in [9.17, 15) is 4.79 Å². The van der Waals surface area contributed by atoms with Crippen molar-refractivity contribution in [2.75, 3.05) is 6.54 Å². The Bertz CT molecular complexity index is 794. The highest BCUT2D eigenvalue weighted by molar-refractivity contribution is 5.91. The highest BCUT2D eigenvalue weighted by Crippen LogP contribution is 2.10. The number of hydrogen-bond donors (Lipinski definition) is 2. The molecule has 8 nitrogen and oxygen atoms in total. The van der Waals surface area contributed by atoms with Crippen molar-refractivity contribution in [3.05, 3.63) is 65.7 Å². The first-order valence-corrected chi connectivity index (χ1v) is 7.69. The lowest BCUT2D eigenvalue weighted by Gasteiger charge is -2.10. The molecule has 0 unspecified atom stereocenters. The van der Waals surface area contributed by atoms with E-state index in [0.29, 0.717) is 26.2 Å². The molecule has 1 amide bonds.